The number of nitrogens with zero attached hydrogens (tertiary/aromatic N) is 2. The third-order valence-corrected chi connectivity index (χ3v) is 5.44. The summed E-state index contributed by atoms with van der Waals surface area (Å²) in [5.41, 5.74) is 0.690. The first-order chi connectivity index (χ1) is 14.4. The molecule has 1 aromatic heterocycles. The molecule has 2 aromatic carbocycles. The molecular weight excluding hydrogens is 416 g/mol. The minimum absolute atomic E-state index is 0.0100. The van der Waals surface area contributed by atoms with Crippen LogP contribution in [0, 0.1) is 11.6 Å². The number of aliphatic hydroxyl groups excluding tert-OH is 1. The maximum atomic E-state index is 14.9. The lowest BCUT2D eigenvalue weighted by molar-refractivity contribution is 0.102. The molecule has 156 valence electrons. The number of nitrogens with one attached hydrogen (secondary N) is 1. The van der Waals surface area contributed by atoms with E-state index in [9.17, 15) is 23.8 Å². The Labute approximate surface area is 175 Å². The van der Waals surface area contributed by atoms with Gasteiger partial charge in [0.05, 0.1) is 34.1 Å². The first-order valence-electron chi connectivity index (χ1n) is 9.38. The summed E-state index contributed by atoms with van der Waals surface area (Å²) in [5.74, 6) is -2.65. The second kappa shape index (κ2) is 8.04. The number of hydrogen-bond donors (Lipinski definition) is 3. The summed E-state index contributed by atoms with van der Waals surface area (Å²) in [4.78, 5) is 16.8. The Bertz CT molecular complexity index is 1130. The van der Waals surface area contributed by atoms with Crippen LogP contribution in [-0.4, -0.2) is 25.7 Å². The highest BCUT2D eigenvalue weighted by molar-refractivity contribution is 6.34. The highest BCUT2D eigenvalue weighted by Crippen LogP contribution is 2.34. The van der Waals surface area contributed by atoms with E-state index < -0.39 is 23.3 Å². The summed E-state index contributed by atoms with van der Waals surface area (Å²) in [6.07, 6.45) is 2.56. The van der Waals surface area contributed by atoms with E-state index >= 15 is 0 Å². The van der Waals surface area contributed by atoms with Crippen LogP contribution in [0.15, 0.2) is 30.3 Å². The molecular formula is C21H18ClF2N3O3. The second-order valence-electron chi connectivity index (χ2n) is 7.00. The topological polar surface area (TPSA) is 87.4 Å². The number of aromatic nitrogens is 2. The van der Waals surface area contributed by atoms with Crippen molar-refractivity contribution in [2.75, 3.05) is 5.32 Å². The van der Waals surface area contributed by atoms with E-state index in [1.54, 1.807) is 0 Å². The molecule has 0 bridgehead atoms. The number of hydrogen-bond acceptors (Lipinski definition) is 4. The molecule has 3 N–H and O–H groups in total. The molecule has 0 fully saturated rings. The fourth-order valence-corrected chi connectivity index (χ4v) is 3.87. The van der Waals surface area contributed by atoms with Gasteiger partial charge in [0.1, 0.15) is 23.2 Å². The Hall–Kier alpha value is -2.97. The van der Waals surface area contributed by atoms with E-state index in [4.69, 9.17) is 11.6 Å². The van der Waals surface area contributed by atoms with Gasteiger partial charge in [-0.15, -0.1) is 0 Å². The van der Waals surface area contributed by atoms with Gasteiger partial charge in [0, 0.05) is 12.2 Å². The van der Waals surface area contributed by atoms with Crippen molar-refractivity contribution >= 4 is 23.2 Å². The van der Waals surface area contributed by atoms with Crippen molar-refractivity contribution in [2.24, 2.45) is 0 Å². The Morgan fingerprint density at radius 3 is 2.77 bits per heavy atom. The van der Waals surface area contributed by atoms with Gasteiger partial charge in [-0.1, -0.05) is 17.7 Å². The van der Waals surface area contributed by atoms with Crippen LogP contribution in [0.3, 0.4) is 0 Å². The zero-order valence-corrected chi connectivity index (χ0v) is 16.5. The van der Waals surface area contributed by atoms with Crippen molar-refractivity contribution in [3.63, 3.8) is 0 Å². The van der Waals surface area contributed by atoms with Crippen LogP contribution in [0.1, 0.15) is 34.6 Å². The third-order valence-electron chi connectivity index (χ3n) is 5.12. The van der Waals surface area contributed by atoms with E-state index in [-0.39, 0.29) is 34.3 Å². The third kappa shape index (κ3) is 3.53. The van der Waals surface area contributed by atoms with Gasteiger partial charge in [0.2, 0.25) is 0 Å². The van der Waals surface area contributed by atoms with Gasteiger partial charge in [-0.05, 0) is 43.5 Å². The zero-order valence-electron chi connectivity index (χ0n) is 15.8. The zero-order chi connectivity index (χ0) is 21.4. The molecule has 1 aliphatic rings. The summed E-state index contributed by atoms with van der Waals surface area (Å²) < 4.78 is 30.7. The highest BCUT2D eigenvalue weighted by atomic mass is 35.5. The Morgan fingerprint density at radius 1 is 1.23 bits per heavy atom. The number of halogens is 3. The number of rotatable bonds is 4. The van der Waals surface area contributed by atoms with Crippen LogP contribution in [-0.2, 0) is 19.6 Å². The summed E-state index contributed by atoms with van der Waals surface area (Å²) in [5, 5.41) is 22.2. The number of amides is 1. The number of benzene rings is 2. The summed E-state index contributed by atoms with van der Waals surface area (Å²) >= 11 is 5.90. The van der Waals surface area contributed by atoms with Gasteiger partial charge in [-0.2, -0.15) is 0 Å². The van der Waals surface area contributed by atoms with Crippen LogP contribution in [0.4, 0.5) is 14.5 Å². The average Bonchev–Trinajstić information content (AvgIpc) is 3.11. The van der Waals surface area contributed by atoms with E-state index in [2.05, 4.69) is 10.3 Å². The minimum atomic E-state index is -0.911. The number of imidazole rings is 1. The van der Waals surface area contributed by atoms with Crippen molar-refractivity contribution in [3.8, 4) is 17.1 Å². The van der Waals surface area contributed by atoms with E-state index in [1.807, 2.05) is 4.57 Å². The second-order valence-corrected chi connectivity index (χ2v) is 7.40. The van der Waals surface area contributed by atoms with Crippen molar-refractivity contribution < 1.29 is 23.8 Å². The molecule has 0 aliphatic carbocycles. The van der Waals surface area contributed by atoms with Crippen molar-refractivity contribution in [3.05, 3.63) is 63.9 Å². The predicted molar refractivity (Wildman–Crippen MR) is 108 cm³/mol. The molecule has 0 saturated heterocycles. The molecule has 6 nitrogen and oxygen atoms in total. The monoisotopic (exact) mass is 433 g/mol. The molecule has 0 atom stereocenters. The molecule has 9 heteroatoms. The van der Waals surface area contributed by atoms with Gasteiger partial charge in [0.25, 0.3) is 5.91 Å². The molecule has 1 aliphatic heterocycles. The van der Waals surface area contributed by atoms with Crippen LogP contribution in [0.2, 0.25) is 5.02 Å². The number of carbonyl (C=O) groups is 1. The highest BCUT2D eigenvalue weighted by Gasteiger charge is 2.25. The maximum absolute atomic E-state index is 14.9. The van der Waals surface area contributed by atoms with Crippen LogP contribution in [0.25, 0.3) is 11.4 Å². The largest absolute Gasteiger partial charge is 0.507 e. The minimum Gasteiger partial charge on any atom is -0.507 e. The van der Waals surface area contributed by atoms with Crippen molar-refractivity contribution in [2.45, 2.75) is 32.4 Å². The first-order valence-corrected chi connectivity index (χ1v) is 9.76. The molecule has 0 spiro atoms. The molecule has 1 amide bonds. The van der Waals surface area contributed by atoms with Crippen molar-refractivity contribution in [1.82, 2.24) is 9.55 Å². The Balaban J connectivity index is 1.71. The number of phenolic OH excluding ortho intramolecular Hbond substituents is 1. The van der Waals surface area contributed by atoms with Gasteiger partial charge < -0.3 is 20.1 Å². The lowest BCUT2D eigenvalue weighted by Gasteiger charge is -2.18. The standard InChI is InChI=1S/C21H18ClF2N3O3/c22-13-4-3-5-14(23)19(13)26-21(30)12-8-15(24)11(9-18(12)29)20-25-16(10-28)17-6-1-2-7-27(17)20/h3-5,8-9,28-29H,1-2,6-7,10H2,(H,26,30). The van der Waals surface area contributed by atoms with Gasteiger partial charge in [-0.3, -0.25) is 4.79 Å². The summed E-state index contributed by atoms with van der Waals surface area (Å²) in [7, 11) is 0. The normalized spacial score (nSPS) is 13.2. The number of aromatic hydroxyl groups is 1. The average molecular weight is 434 g/mol. The molecule has 0 saturated carbocycles. The first kappa shape index (κ1) is 20.3. The van der Waals surface area contributed by atoms with Crippen LogP contribution >= 0.6 is 11.6 Å². The molecule has 0 unspecified atom stereocenters. The van der Waals surface area contributed by atoms with E-state index in [0.29, 0.717) is 12.2 Å². The van der Waals surface area contributed by atoms with Crippen LogP contribution < -0.4 is 5.32 Å². The number of aliphatic hydroxyl groups is 1. The van der Waals surface area contributed by atoms with Gasteiger partial charge in [0.15, 0.2) is 0 Å². The molecule has 3 aromatic rings. The van der Waals surface area contributed by atoms with Crippen LogP contribution in [0.5, 0.6) is 5.75 Å². The lowest BCUT2D eigenvalue weighted by atomic mass is 10.1. The fraction of sp³-hybridized carbons (Fsp3) is 0.238. The molecule has 0 radical (unpaired) electrons. The molecule has 30 heavy (non-hydrogen) atoms. The number of anilines is 1. The predicted octanol–water partition coefficient (Wildman–Crippen LogP) is 4.27. The molecule has 2 heterocycles. The van der Waals surface area contributed by atoms with Crippen molar-refractivity contribution in [1.29, 1.82) is 0 Å². The number of carbonyl (C=O) groups excluding carboxylic acids is 1. The van der Waals surface area contributed by atoms with E-state index in [1.165, 1.54) is 12.1 Å². The van der Waals surface area contributed by atoms with E-state index in [0.717, 1.165) is 43.2 Å². The maximum Gasteiger partial charge on any atom is 0.259 e. The SMILES string of the molecule is O=C(Nc1c(F)cccc1Cl)c1cc(F)c(-c2nc(CO)c3n2CCCC3)cc1O. The Morgan fingerprint density at radius 2 is 2.03 bits per heavy atom. The smallest absolute Gasteiger partial charge is 0.259 e. The number of phenols is 1. The number of fused-ring (bicyclic) bond motifs is 1. The Kier molecular flexibility index (Phi) is 5.44. The molecule has 4 rings (SSSR count). The number of para-hydroxylation sites is 1. The summed E-state index contributed by atoms with van der Waals surface area (Å²) in [6, 6.07) is 5.87. The quantitative estimate of drug-likeness (QED) is 0.573. The van der Waals surface area contributed by atoms with Gasteiger partial charge >= 0.3 is 0 Å². The lowest BCUT2D eigenvalue weighted by Crippen LogP contribution is -2.15. The summed E-state index contributed by atoms with van der Waals surface area (Å²) in [6.45, 7) is 0.346. The fourth-order valence-electron chi connectivity index (χ4n) is 3.66. The van der Waals surface area contributed by atoms with Gasteiger partial charge in [-0.25, -0.2) is 13.8 Å².